The molecule has 4 nitrogen and oxygen atoms in total. The molecule has 2 aromatic carbocycles. The van der Waals surface area contributed by atoms with Crippen LogP contribution in [-0.2, 0) is 16.0 Å². The highest BCUT2D eigenvalue weighted by molar-refractivity contribution is 6.01. The Kier molecular flexibility index (Phi) is 5.00. The largest absolute Gasteiger partial charge is 0.422 e. The zero-order valence-electron chi connectivity index (χ0n) is 15.8. The van der Waals surface area contributed by atoms with Crippen molar-refractivity contribution in [3.05, 3.63) is 71.8 Å². The first kappa shape index (κ1) is 18.6. The number of fused-ring (bicyclic) bond motifs is 2. The molecule has 0 amide bonds. The molecular formula is C23H22O4. The molecule has 0 saturated carbocycles. The van der Waals surface area contributed by atoms with Crippen LogP contribution in [0.2, 0.25) is 0 Å². The Morgan fingerprint density at radius 2 is 1.48 bits per heavy atom. The summed E-state index contributed by atoms with van der Waals surface area (Å²) in [6.45, 7) is 12.6. The predicted octanol–water partition coefficient (Wildman–Crippen LogP) is 5.02. The lowest BCUT2D eigenvalue weighted by Crippen LogP contribution is -2.16. The molecule has 1 aliphatic rings. The maximum Gasteiger partial charge on any atom is 0.338 e. The van der Waals surface area contributed by atoms with Crippen LogP contribution < -0.4 is 9.47 Å². The molecule has 0 heterocycles. The minimum atomic E-state index is -0.476. The van der Waals surface area contributed by atoms with E-state index in [9.17, 15) is 9.59 Å². The third kappa shape index (κ3) is 3.43. The van der Waals surface area contributed by atoms with Crippen LogP contribution >= 0.6 is 0 Å². The summed E-state index contributed by atoms with van der Waals surface area (Å²) < 4.78 is 11.4. The molecule has 1 unspecified atom stereocenters. The highest BCUT2D eigenvalue weighted by Gasteiger charge is 2.28. The van der Waals surface area contributed by atoms with Gasteiger partial charge in [-0.3, -0.25) is 0 Å². The van der Waals surface area contributed by atoms with Crippen molar-refractivity contribution < 1.29 is 19.1 Å². The lowest BCUT2D eigenvalue weighted by atomic mass is 9.85. The van der Waals surface area contributed by atoms with Crippen LogP contribution in [0.4, 0.5) is 0 Å². The number of carbonyl (C=O) groups is 2. The second-order valence-corrected chi connectivity index (χ2v) is 6.86. The molecule has 0 radical (unpaired) electrons. The molecule has 4 heteroatoms. The molecule has 0 N–H and O–H groups in total. The standard InChI is InChI=1S/C23H22O4/c1-13(2)22(24)26-20-16-10-6-7-11-17(16)21(27-23(25)14(3)4)19-15(5)9-8-12-18(19)20/h6-11,15H,1,3,12H2,2,4-5H3. The van der Waals surface area contributed by atoms with Crippen LogP contribution in [0.15, 0.2) is 60.7 Å². The summed E-state index contributed by atoms with van der Waals surface area (Å²) in [6, 6.07) is 7.44. The molecule has 1 atom stereocenters. The first-order valence-electron chi connectivity index (χ1n) is 8.80. The number of carbonyl (C=O) groups excluding carboxylic acids is 2. The van der Waals surface area contributed by atoms with Gasteiger partial charge in [0.15, 0.2) is 0 Å². The van der Waals surface area contributed by atoms with Gasteiger partial charge in [-0.2, -0.15) is 0 Å². The third-order valence-electron chi connectivity index (χ3n) is 4.55. The van der Waals surface area contributed by atoms with E-state index in [1.165, 1.54) is 0 Å². The fraction of sp³-hybridized carbons (Fsp3) is 0.217. The fourth-order valence-electron chi connectivity index (χ4n) is 3.20. The van der Waals surface area contributed by atoms with Gasteiger partial charge in [0.05, 0.1) is 0 Å². The van der Waals surface area contributed by atoms with Gasteiger partial charge in [0.1, 0.15) is 11.5 Å². The summed E-state index contributed by atoms with van der Waals surface area (Å²) >= 11 is 0. The Hall–Kier alpha value is -3.14. The van der Waals surface area contributed by atoms with E-state index in [0.29, 0.717) is 29.1 Å². The van der Waals surface area contributed by atoms with Gasteiger partial charge in [-0.1, -0.05) is 56.5 Å². The van der Waals surface area contributed by atoms with E-state index in [1.54, 1.807) is 13.8 Å². The van der Waals surface area contributed by atoms with Gasteiger partial charge < -0.3 is 9.47 Å². The van der Waals surface area contributed by atoms with Gasteiger partial charge in [-0.05, 0) is 20.3 Å². The zero-order valence-corrected chi connectivity index (χ0v) is 15.8. The van der Waals surface area contributed by atoms with Crippen molar-refractivity contribution in [3.8, 4) is 11.5 Å². The molecule has 2 aromatic rings. The van der Waals surface area contributed by atoms with Crippen LogP contribution in [0, 0.1) is 0 Å². The maximum atomic E-state index is 12.3. The summed E-state index contributed by atoms with van der Waals surface area (Å²) in [5.41, 5.74) is 2.35. The van der Waals surface area contributed by atoms with E-state index >= 15 is 0 Å². The van der Waals surface area contributed by atoms with E-state index < -0.39 is 11.9 Å². The number of ether oxygens (including phenoxy) is 2. The van der Waals surface area contributed by atoms with Crippen LogP contribution in [0.5, 0.6) is 11.5 Å². The van der Waals surface area contributed by atoms with Gasteiger partial charge >= 0.3 is 11.9 Å². The number of esters is 2. The minimum absolute atomic E-state index is 0.00792. The Bertz CT molecular complexity index is 1010. The number of hydrogen-bond donors (Lipinski definition) is 0. The van der Waals surface area contributed by atoms with Crippen molar-refractivity contribution in [2.75, 3.05) is 0 Å². The molecule has 0 aromatic heterocycles. The average Bonchev–Trinajstić information content (AvgIpc) is 2.63. The Balaban J connectivity index is 2.32. The monoisotopic (exact) mass is 362 g/mol. The van der Waals surface area contributed by atoms with Gasteiger partial charge in [0.25, 0.3) is 0 Å². The van der Waals surface area contributed by atoms with Crippen LogP contribution in [-0.4, -0.2) is 11.9 Å². The SMILES string of the molecule is C=C(C)C(=O)Oc1c2c(c(OC(=O)C(=C)C)c3ccccc13)C(C)C=CC2. The molecule has 0 saturated heterocycles. The summed E-state index contributed by atoms with van der Waals surface area (Å²) in [7, 11) is 0. The summed E-state index contributed by atoms with van der Waals surface area (Å²) in [5.74, 6) is 0.0566. The summed E-state index contributed by atoms with van der Waals surface area (Å²) in [5, 5.41) is 1.44. The molecule has 1 aliphatic carbocycles. The smallest absolute Gasteiger partial charge is 0.338 e. The molecule has 0 bridgehead atoms. The van der Waals surface area contributed by atoms with Crippen molar-refractivity contribution in [2.24, 2.45) is 0 Å². The zero-order chi connectivity index (χ0) is 19.7. The Morgan fingerprint density at radius 3 is 2.04 bits per heavy atom. The van der Waals surface area contributed by atoms with Crippen molar-refractivity contribution in [3.63, 3.8) is 0 Å². The van der Waals surface area contributed by atoms with Crippen LogP contribution in [0.25, 0.3) is 10.8 Å². The summed E-state index contributed by atoms with van der Waals surface area (Å²) in [6.07, 6.45) is 4.67. The second kappa shape index (κ2) is 7.23. The second-order valence-electron chi connectivity index (χ2n) is 6.86. The van der Waals surface area contributed by atoms with E-state index in [-0.39, 0.29) is 5.92 Å². The molecule has 0 aliphatic heterocycles. The van der Waals surface area contributed by atoms with Crippen LogP contribution in [0.3, 0.4) is 0 Å². The van der Waals surface area contributed by atoms with E-state index in [1.807, 2.05) is 37.3 Å². The predicted molar refractivity (Wildman–Crippen MR) is 106 cm³/mol. The number of hydrogen-bond acceptors (Lipinski definition) is 4. The minimum Gasteiger partial charge on any atom is -0.422 e. The quantitative estimate of drug-likeness (QED) is 0.332. The third-order valence-corrected chi connectivity index (χ3v) is 4.55. The molecule has 3 rings (SSSR count). The van der Waals surface area contributed by atoms with Crippen molar-refractivity contribution in [1.82, 2.24) is 0 Å². The average molecular weight is 362 g/mol. The number of rotatable bonds is 4. The first-order valence-corrected chi connectivity index (χ1v) is 8.80. The van der Waals surface area contributed by atoms with Crippen molar-refractivity contribution in [2.45, 2.75) is 33.1 Å². The van der Waals surface area contributed by atoms with Crippen molar-refractivity contribution in [1.29, 1.82) is 0 Å². The molecule has 27 heavy (non-hydrogen) atoms. The number of benzene rings is 2. The van der Waals surface area contributed by atoms with Gasteiger partial charge in [0.2, 0.25) is 0 Å². The topological polar surface area (TPSA) is 52.6 Å². The van der Waals surface area contributed by atoms with Gasteiger partial charge in [0, 0.05) is 39.0 Å². The first-order chi connectivity index (χ1) is 12.8. The lowest BCUT2D eigenvalue weighted by molar-refractivity contribution is -0.131. The lowest BCUT2D eigenvalue weighted by Gasteiger charge is -2.25. The molecular weight excluding hydrogens is 340 g/mol. The van der Waals surface area contributed by atoms with Crippen molar-refractivity contribution >= 4 is 22.7 Å². The highest BCUT2D eigenvalue weighted by atomic mass is 16.5. The Morgan fingerprint density at radius 1 is 0.963 bits per heavy atom. The Labute approximate surface area is 158 Å². The van der Waals surface area contributed by atoms with Gasteiger partial charge in [-0.15, -0.1) is 0 Å². The molecule has 0 fully saturated rings. The van der Waals surface area contributed by atoms with Crippen LogP contribution in [0.1, 0.15) is 37.8 Å². The fourth-order valence-corrected chi connectivity index (χ4v) is 3.20. The normalized spacial score (nSPS) is 15.1. The highest BCUT2D eigenvalue weighted by Crippen LogP contribution is 2.46. The van der Waals surface area contributed by atoms with E-state index in [4.69, 9.17) is 9.47 Å². The summed E-state index contributed by atoms with van der Waals surface area (Å²) in [4.78, 5) is 24.5. The maximum absolute atomic E-state index is 12.3. The molecule has 138 valence electrons. The van der Waals surface area contributed by atoms with Gasteiger partial charge in [-0.25, -0.2) is 9.59 Å². The van der Waals surface area contributed by atoms with E-state index in [0.717, 1.165) is 21.9 Å². The number of allylic oxidation sites excluding steroid dienone is 2. The van der Waals surface area contributed by atoms with E-state index in [2.05, 4.69) is 19.2 Å². The molecule has 0 spiro atoms.